The van der Waals surface area contributed by atoms with Crippen LogP contribution in [0.5, 0.6) is 81.4 Å². The van der Waals surface area contributed by atoms with E-state index < -0.39 is 18.2 Å². The molecule has 16 rings (SSSR count). The molecule has 0 amide bonds. The van der Waals surface area contributed by atoms with Crippen LogP contribution in [0.15, 0.2) is 170 Å². The summed E-state index contributed by atoms with van der Waals surface area (Å²) in [7, 11) is 9.49. The molecule has 0 bridgehead atoms. The number of benzene rings is 7. The van der Waals surface area contributed by atoms with Crippen molar-refractivity contribution in [2.24, 2.45) is 0 Å². The molecule has 7 heterocycles. The SMILES string of the molecule is CCOc1cc(=O)c2ccc(OC)c(Br)c2[nH]1.CCOc1cc(=O)c2ccc(OC)c(C)c2[nH]1.CCOc1ccc2c(=O)cc(OC(C)C)[nH]c2c1Cl.COc1ccc2c(=O)cc(OC(C)C)[nH]c2c1Br.COc1ccc2c(=O)cc(OC3CC3)[nH]c2c1C.COc1ccc2c(=O)cc(OC3CCC3)[nH]c2c1C.COc1ccc2c(=O)cc(OCC(F)(F)F)[nH]c2c1C. The third-order valence-electron chi connectivity index (χ3n) is 19.9. The van der Waals surface area contributed by atoms with Gasteiger partial charge in [0.25, 0.3) is 0 Å². The average Bonchev–Trinajstić information content (AvgIpc) is 1.32. The number of aryl methyl sites for hydroxylation is 4. The molecular weight excluding hydrogens is 1820 g/mol. The summed E-state index contributed by atoms with van der Waals surface area (Å²) in [4.78, 5) is 105. The predicted molar refractivity (Wildman–Crippen MR) is 499 cm³/mol. The predicted octanol–water partition coefficient (Wildman–Crippen LogP) is 19.3. The van der Waals surface area contributed by atoms with Crippen LogP contribution in [0.4, 0.5) is 13.2 Å². The number of hydrogen-bond acceptors (Lipinski definition) is 21. The molecule has 2 fully saturated rings. The largest absolute Gasteiger partial charge is 0.496 e. The Bertz CT molecular complexity index is 6570. The second-order valence-corrected chi connectivity index (χ2v) is 31.5. The Morgan fingerprint density at radius 2 is 0.594 bits per heavy atom. The first-order chi connectivity index (χ1) is 61.1. The maximum Gasteiger partial charge on any atom is 0.422 e. The first kappa shape index (κ1) is 97.4. The molecule has 2 aliphatic carbocycles. The second-order valence-electron chi connectivity index (χ2n) is 29.6. The molecule has 7 N–H and O–H groups in total. The van der Waals surface area contributed by atoms with Crippen molar-refractivity contribution >= 4 is 120 Å². The third kappa shape index (κ3) is 24.3. The number of aromatic amines is 7. The molecule has 14 aromatic rings. The van der Waals surface area contributed by atoms with Gasteiger partial charge in [0.05, 0.1) is 122 Å². The number of H-pyrrole nitrogens is 7. The molecule has 0 saturated heterocycles. The van der Waals surface area contributed by atoms with E-state index in [9.17, 15) is 46.7 Å². The molecule has 0 spiro atoms. The van der Waals surface area contributed by atoms with Crippen LogP contribution in [0.25, 0.3) is 76.3 Å². The quantitative estimate of drug-likeness (QED) is 0.0331. The highest BCUT2D eigenvalue weighted by atomic mass is 79.9. The summed E-state index contributed by atoms with van der Waals surface area (Å²) in [6, 6.07) is 34.2. The summed E-state index contributed by atoms with van der Waals surface area (Å²) in [5.74, 6) is 7.38. The molecule has 2 saturated carbocycles. The van der Waals surface area contributed by atoms with Crippen molar-refractivity contribution in [2.45, 2.75) is 139 Å². The molecule has 28 nitrogen and oxygen atoms in total. The minimum Gasteiger partial charge on any atom is -0.496 e. The minimum atomic E-state index is -4.46. The van der Waals surface area contributed by atoms with E-state index >= 15 is 0 Å². The van der Waals surface area contributed by atoms with Crippen molar-refractivity contribution in [3.8, 4) is 81.4 Å². The maximum absolute atomic E-state index is 12.1. The zero-order valence-corrected chi connectivity index (χ0v) is 77.6. The van der Waals surface area contributed by atoms with Crippen molar-refractivity contribution in [2.75, 3.05) is 69.1 Å². The molecule has 2 aliphatic rings. The van der Waals surface area contributed by atoms with Crippen LogP contribution in [0, 0.1) is 27.7 Å². The van der Waals surface area contributed by atoms with Crippen molar-refractivity contribution in [3.05, 3.63) is 235 Å². The molecule has 34 heteroatoms. The topological polar surface area (TPSA) is 359 Å². The van der Waals surface area contributed by atoms with Crippen molar-refractivity contribution in [1.29, 1.82) is 0 Å². The van der Waals surface area contributed by atoms with E-state index in [0.717, 1.165) is 86.7 Å². The van der Waals surface area contributed by atoms with E-state index in [1.807, 2.05) is 81.4 Å². The van der Waals surface area contributed by atoms with Gasteiger partial charge in [-0.25, -0.2) is 0 Å². The average molecular weight is 1920 g/mol. The van der Waals surface area contributed by atoms with Gasteiger partial charge in [-0.1, -0.05) is 11.6 Å². The number of halogens is 6. The van der Waals surface area contributed by atoms with Crippen molar-refractivity contribution in [3.63, 3.8) is 0 Å². The van der Waals surface area contributed by atoms with Gasteiger partial charge in [0.1, 0.15) is 57.5 Å². The highest BCUT2D eigenvalue weighted by molar-refractivity contribution is 9.11. The number of ether oxygens (including phenoxy) is 14. The first-order valence-electron chi connectivity index (χ1n) is 40.8. The van der Waals surface area contributed by atoms with Crippen molar-refractivity contribution in [1.82, 2.24) is 34.9 Å². The van der Waals surface area contributed by atoms with Crippen LogP contribution in [0.2, 0.25) is 5.02 Å². The van der Waals surface area contributed by atoms with Gasteiger partial charge in [0.15, 0.2) is 85.8 Å². The van der Waals surface area contributed by atoms with E-state index in [-0.39, 0.29) is 62.9 Å². The minimum absolute atomic E-state index is 0.00230. The van der Waals surface area contributed by atoms with Crippen LogP contribution in [0.3, 0.4) is 0 Å². The van der Waals surface area contributed by atoms with E-state index in [2.05, 4.69) is 71.5 Å². The monoisotopic (exact) mass is 1910 g/mol. The summed E-state index contributed by atoms with van der Waals surface area (Å²) in [6.45, 7) is 20.8. The zero-order chi connectivity index (χ0) is 93.1. The molecule has 0 unspecified atom stereocenters. The molecule has 7 aromatic carbocycles. The van der Waals surface area contributed by atoms with E-state index in [1.165, 1.54) is 49.9 Å². The Morgan fingerprint density at radius 1 is 0.344 bits per heavy atom. The first-order valence-corrected chi connectivity index (χ1v) is 42.8. The fourth-order valence-electron chi connectivity index (χ4n) is 13.3. The third-order valence-corrected chi connectivity index (χ3v) is 21.9. The Kier molecular flexibility index (Phi) is 33.6. The number of fused-ring (bicyclic) bond motifs is 7. The Balaban J connectivity index is 0.000000156. The Labute approximate surface area is 754 Å². The van der Waals surface area contributed by atoms with Crippen LogP contribution in [-0.4, -0.2) is 135 Å². The lowest BCUT2D eigenvalue weighted by Crippen LogP contribution is -2.25. The summed E-state index contributed by atoms with van der Waals surface area (Å²) in [5, 5.41) is 4.44. The van der Waals surface area contributed by atoms with Crippen molar-refractivity contribution < 1.29 is 79.5 Å². The molecular formula is C94H101Br2ClF3N7O21. The fraction of sp³-hybridized carbons (Fsp3) is 0.330. The van der Waals surface area contributed by atoms with E-state index in [1.54, 1.807) is 115 Å². The molecule has 680 valence electrons. The number of methoxy groups -OCH3 is 6. The lowest BCUT2D eigenvalue weighted by atomic mass is 9.96. The van der Waals surface area contributed by atoms with Gasteiger partial charge in [-0.15, -0.1) is 0 Å². The Hall–Kier alpha value is -12.8. The molecule has 7 aromatic heterocycles. The molecule has 128 heavy (non-hydrogen) atoms. The molecule has 0 aliphatic heterocycles. The number of pyridine rings is 7. The standard InChI is InChI=1S/C15H17NO3.C14H16ClNO3.C14H15NO3.C13H14BrNO3.C13H12F3NO3.C13H15NO3.C12H12BrNO3/c1-9-13(18-2)7-6-11-12(17)8-14(16-15(9)11)19-10-4-3-5-10;1-4-18-11-6-5-9-10(17)7-12(19-8(2)3)16-14(9)13(11)15;1-8-12(17-2)6-5-10-11(16)7-13(15-14(8)10)18-9-3-4-9;1-7(2)18-11-6-9(16)8-4-5-10(17-3)12(14)13(8)15-11;1-7-10(19-2)4-3-8-9(18)5-11(17-12(7)8)20-6-13(14,15)16;1-4-17-12-7-10(15)9-5-6-11(16-3)8(2)13(9)14-12;1-3-17-10-6-8(15)7-4-5-9(16-2)11(13)12(7)14-10/h6-8,10H,3-5H2,1-2H3,(H,16,17);5-8H,4H2,1-3H3,(H,16,17);5-7,9H,3-4H2,1-2H3,(H,15,16);4-7H,1-3H3,(H,15,16);3-5H,6H2,1-2H3,(H,17,18);5-7H,4H2,1-3H3,(H,14,15);4-6H,3H2,1-2H3,(H,14,15). The van der Waals surface area contributed by atoms with Crippen LogP contribution in [0.1, 0.15) is 103 Å². The lowest BCUT2D eigenvalue weighted by molar-refractivity contribution is -0.154. The number of hydrogen-bond donors (Lipinski definition) is 7. The lowest BCUT2D eigenvalue weighted by Gasteiger charge is -2.26. The number of rotatable bonds is 22. The van der Waals surface area contributed by atoms with Gasteiger partial charge in [0.2, 0.25) is 0 Å². The fourth-order valence-corrected chi connectivity index (χ4v) is 14.8. The zero-order valence-electron chi connectivity index (χ0n) is 73.6. The Morgan fingerprint density at radius 3 is 0.883 bits per heavy atom. The second kappa shape index (κ2) is 44.1. The summed E-state index contributed by atoms with van der Waals surface area (Å²) in [6.07, 6.45) is 1.50. The summed E-state index contributed by atoms with van der Waals surface area (Å²) >= 11 is 13.1. The van der Waals surface area contributed by atoms with Crippen LogP contribution in [-0.2, 0) is 0 Å². The van der Waals surface area contributed by atoms with Gasteiger partial charge in [-0.05, 0) is 225 Å². The molecule has 0 radical (unpaired) electrons. The van der Waals surface area contributed by atoms with E-state index in [4.69, 9.17) is 73.2 Å². The number of aromatic nitrogens is 7. The van der Waals surface area contributed by atoms with Gasteiger partial charge in [0, 0.05) is 102 Å². The van der Waals surface area contributed by atoms with Crippen LogP contribution >= 0.6 is 43.5 Å². The maximum atomic E-state index is 12.1. The normalized spacial score (nSPS) is 12.1. The van der Waals surface area contributed by atoms with Gasteiger partial charge in [-0.2, -0.15) is 13.2 Å². The molecule has 0 atom stereocenters. The van der Waals surface area contributed by atoms with Gasteiger partial charge < -0.3 is 101 Å². The van der Waals surface area contributed by atoms with E-state index in [0.29, 0.717) is 153 Å². The van der Waals surface area contributed by atoms with Gasteiger partial charge >= 0.3 is 6.18 Å². The smallest absolute Gasteiger partial charge is 0.422 e. The van der Waals surface area contributed by atoms with Crippen LogP contribution < -0.4 is 104 Å². The highest BCUT2D eigenvalue weighted by Gasteiger charge is 2.29. The highest BCUT2D eigenvalue weighted by Crippen LogP contribution is 2.37. The van der Waals surface area contributed by atoms with Gasteiger partial charge in [-0.3, -0.25) is 33.6 Å². The summed E-state index contributed by atoms with van der Waals surface area (Å²) in [5.41, 5.74) is 7.23. The summed E-state index contributed by atoms with van der Waals surface area (Å²) < 4.78 is 112. The number of nitrogens with one attached hydrogen (secondary N) is 7. The number of alkyl halides is 3.